The van der Waals surface area contributed by atoms with Crippen molar-refractivity contribution < 1.29 is 4.79 Å². The Morgan fingerprint density at radius 2 is 2.21 bits per heavy atom. The fourth-order valence-electron chi connectivity index (χ4n) is 2.74. The van der Waals surface area contributed by atoms with Crippen LogP contribution in [0.1, 0.15) is 44.7 Å². The van der Waals surface area contributed by atoms with E-state index in [2.05, 4.69) is 5.32 Å². The molecule has 0 aliphatic heterocycles. The lowest BCUT2D eigenvalue weighted by Crippen LogP contribution is -2.47. The molecule has 0 radical (unpaired) electrons. The first-order valence-corrected chi connectivity index (χ1v) is 7.14. The van der Waals surface area contributed by atoms with Gasteiger partial charge in [0.15, 0.2) is 0 Å². The Morgan fingerprint density at radius 3 is 2.79 bits per heavy atom. The quantitative estimate of drug-likeness (QED) is 0.894. The number of hydrogen-bond donors (Lipinski definition) is 2. The molecule has 1 aliphatic carbocycles. The Kier molecular flexibility index (Phi) is 4.16. The molecule has 2 rings (SSSR count). The van der Waals surface area contributed by atoms with E-state index in [1.165, 1.54) is 0 Å². The number of halogens is 1. The first-order chi connectivity index (χ1) is 8.95. The number of carbonyl (C=O) groups excluding carboxylic acids is 1. The van der Waals surface area contributed by atoms with Gasteiger partial charge in [-0.2, -0.15) is 0 Å². The highest BCUT2D eigenvalue weighted by molar-refractivity contribution is 6.31. The molecule has 0 spiro atoms. The van der Waals surface area contributed by atoms with Crippen molar-refractivity contribution in [1.82, 2.24) is 5.32 Å². The van der Waals surface area contributed by atoms with Crippen molar-refractivity contribution in [2.45, 2.75) is 45.2 Å². The van der Waals surface area contributed by atoms with Gasteiger partial charge in [0.1, 0.15) is 0 Å². The van der Waals surface area contributed by atoms with Gasteiger partial charge < -0.3 is 11.1 Å². The third-order valence-corrected chi connectivity index (χ3v) is 4.61. The van der Waals surface area contributed by atoms with E-state index in [4.69, 9.17) is 17.3 Å². The maximum atomic E-state index is 12.4. The van der Waals surface area contributed by atoms with E-state index in [1.807, 2.05) is 38.1 Å². The van der Waals surface area contributed by atoms with Crippen LogP contribution in [0.15, 0.2) is 24.3 Å². The van der Waals surface area contributed by atoms with E-state index in [1.54, 1.807) is 0 Å². The number of rotatable bonds is 3. The summed E-state index contributed by atoms with van der Waals surface area (Å²) in [5.41, 5.74) is 6.56. The minimum atomic E-state index is -0.449. The summed E-state index contributed by atoms with van der Waals surface area (Å²) in [5, 5.41) is 3.72. The molecule has 0 bridgehead atoms. The zero-order chi connectivity index (χ0) is 14.0. The van der Waals surface area contributed by atoms with Gasteiger partial charge in [-0.1, -0.05) is 36.2 Å². The zero-order valence-corrected chi connectivity index (χ0v) is 12.2. The Balaban J connectivity index is 2.09. The molecule has 1 amide bonds. The summed E-state index contributed by atoms with van der Waals surface area (Å²) in [7, 11) is 0. The lowest BCUT2D eigenvalue weighted by Gasteiger charge is -2.29. The molecule has 1 aliphatic rings. The van der Waals surface area contributed by atoms with Gasteiger partial charge in [-0.05, 0) is 38.3 Å². The summed E-state index contributed by atoms with van der Waals surface area (Å²) in [4.78, 5) is 12.4. The van der Waals surface area contributed by atoms with Crippen LogP contribution in [0.3, 0.4) is 0 Å². The maximum Gasteiger partial charge on any atom is 0.227 e. The van der Waals surface area contributed by atoms with Gasteiger partial charge in [0.05, 0.1) is 11.5 Å². The number of hydrogen-bond acceptors (Lipinski definition) is 2. The average Bonchev–Trinajstić information content (AvgIpc) is 2.71. The predicted octanol–water partition coefficient (Wildman–Crippen LogP) is 3.03. The van der Waals surface area contributed by atoms with Crippen LogP contribution in [-0.4, -0.2) is 11.9 Å². The molecule has 1 saturated carbocycles. The highest BCUT2D eigenvalue weighted by Gasteiger charge is 2.43. The highest BCUT2D eigenvalue weighted by Crippen LogP contribution is 2.37. The lowest BCUT2D eigenvalue weighted by molar-refractivity contribution is -0.131. The molecule has 1 aromatic carbocycles. The summed E-state index contributed by atoms with van der Waals surface area (Å²) < 4.78 is 0. The van der Waals surface area contributed by atoms with Crippen LogP contribution in [-0.2, 0) is 4.79 Å². The van der Waals surface area contributed by atoms with Crippen molar-refractivity contribution >= 4 is 17.5 Å². The molecule has 1 aromatic rings. The topological polar surface area (TPSA) is 55.1 Å². The summed E-state index contributed by atoms with van der Waals surface area (Å²) in [6.45, 7) is 3.91. The van der Waals surface area contributed by atoms with Crippen molar-refractivity contribution in [1.29, 1.82) is 0 Å². The van der Waals surface area contributed by atoms with Crippen LogP contribution in [0.4, 0.5) is 0 Å². The maximum absolute atomic E-state index is 12.4. The summed E-state index contributed by atoms with van der Waals surface area (Å²) in [6, 6.07) is 7.42. The number of carbonyl (C=O) groups is 1. The molecule has 3 atom stereocenters. The lowest BCUT2D eigenvalue weighted by atomic mass is 9.84. The molecule has 2 unspecified atom stereocenters. The van der Waals surface area contributed by atoms with Crippen molar-refractivity contribution in [2.24, 2.45) is 11.1 Å². The molecule has 4 heteroatoms. The number of nitrogens with two attached hydrogens (primary N) is 1. The fourth-order valence-corrected chi connectivity index (χ4v) is 3.04. The van der Waals surface area contributed by atoms with Gasteiger partial charge in [-0.3, -0.25) is 4.79 Å². The standard InChI is InChI=1S/C15H21ClN2O/c1-10(11-6-3-4-7-12(11)16)18-14(19)15(2)9-5-8-13(15)17/h3-4,6-7,10,13H,5,8-9,17H2,1-2H3,(H,18,19)/t10-,13?,15?/m1/s1. The highest BCUT2D eigenvalue weighted by atomic mass is 35.5. The summed E-state index contributed by atoms with van der Waals surface area (Å²) >= 11 is 6.15. The third-order valence-electron chi connectivity index (χ3n) is 4.27. The molecule has 19 heavy (non-hydrogen) atoms. The van der Waals surface area contributed by atoms with Crippen molar-refractivity contribution in [3.8, 4) is 0 Å². The van der Waals surface area contributed by atoms with Crippen LogP contribution < -0.4 is 11.1 Å². The van der Waals surface area contributed by atoms with Crippen molar-refractivity contribution in [2.75, 3.05) is 0 Å². The molecule has 0 saturated heterocycles. The number of amides is 1. The summed E-state index contributed by atoms with van der Waals surface area (Å²) in [6.07, 6.45) is 2.80. The number of benzene rings is 1. The average molecular weight is 281 g/mol. The molecular formula is C15H21ClN2O. The van der Waals surface area contributed by atoms with Crippen LogP contribution in [0.2, 0.25) is 5.02 Å². The van der Waals surface area contributed by atoms with E-state index in [0.717, 1.165) is 24.8 Å². The Morgan fingerprint density at radius 1 is 1.53 bits per heavy atom. The first-order valence-electron chi connectivity index (χ1n) is 6.76. The molecule has 0 heterocycles. The smallest absolute Gasteiger partial charge is 0.227 e. The van der Waals surface area contributed by atoms with Gasteiger partial charge in [-0.25, -0.2) is 0 Å². The van der Waals surface area contributed by atoms with Gasteiger partial charge in [0.2, 0.25) is 5.91 Å². The van der Waals surface area contributed by atoms with Crippen LogP contribution in [0.25, 0.3) is 0 Å². The Labute approximate surface area is 119 Å². The van der Waals surface area contributed by atoms with Gasteiger partial charge >= 0.3 is 0 Å². The van der Waals surface area contributed by atoms with E-state index in [9.17, 15) is 4.79 Å². The van der Waals surface area contributed by atoms with Crippen LogP contribution in [0.5, 0.6) is 0 Å². The monoisotopic (exact) mass is 280 g/mol. The van der Waals surface area contributed by atoms with Crippen molar-refractivity contribution in [3.63, 3.8) is 0 Å². The van der Waals surface area contributed by atoms with E-state index >= 15 is 0 Å². The van der Waals surface area contributed by atoms with Gasteiger partial charge in [0.25, 0.3) is 0 Å². The largest absolute Gasteiger partial charge is 0.349 e. The van der Waals surface area contributed by atoms with E-state index in [-0.39, 0.29) is 18.0 Å². The van der Waals surface area contributed by atoms with Gasteiger partial charge in [0, 0.05) is 11.1 Å². The Bertz CT molecular complexity index is 477. The fraction of sp³-hybridized carbons (Fsp3) is 0.533. The minimum absolute atomic E-state index is 0.0323. The third kappa shape index (κ3) is 2.77. The van der Waals surface area contributed by atoms with Crippen LogP contribution in [0, 0.1) is 5.41 Å². The molecule has 0 aromatic heterocycles. The second-order valence-corrected chi connectivity index (χ2v) is 6.04. The summed E-state index contributed by atoms with van der Waals surface area (Å²) in [5.74, 6) is 0.0323. The predicted molar refractivity (Wildman–Crippen MR) is 77.9 cm³/mol. The minimum Gasteiger partial charge on any atom is -0.349 e. The van der Waals surface area contributed by atoms with E-state index in [0.29, 0.717) is 5.02 Å². The first kappa shape index (κ1) is 14.4. The normalized spacial score (nSPS) is 28.1. The van der Waals surface area contributed by atoms with E-state index < -0.39 is 5.41 Å². The molecule has 1 fully saturated rings. The molecular weight excluding hydrogens is 260 g/mol. The molecule has 3 N–H and O–H groups in total. The second kappa shape index (κ2) is 5.51. The molecule has 104 valence electrons. The SMILES string of the molecule is C[C@@H](NC(=O)C1(C)CCCC1N)c1ccccc1Cl. The second-order valence-electron chi connectivity index (χ2n) is 5.63. The van der Waals surface area contributed by atoms with Crippen molar-refractivity contribution in [3.05, 3.63) is 34.9 Å². The molecule has 3 nitrogen and oxygen atoms in total. The Hall–Kier alpha value is -1.06. The van der Waals surface area contributed by atoms with Gasteiger partial charge in [-0.15, -0.1) is 0 Å². The number of nitrogens with one attached hydrogen (secondary N) is 1. The van der Waals surface area contributed by atoms with Crippen LogP contribution >= 0.6 is 11.6 Å². The zero-order valence-electron chi connectivity index (χ0n) is 11.4.